The van der Waals surface area contributed by atoms with Crippen LogP contribution in [0.15, 0.2) is 40.6 Å². The van der Waals surface area contributed by atoms with Gasteiger partial charge in [-0.3, -0.25) is 4.72 Å². The largest absolute Gasteiger partial charge is 0.477 e. The lowest BCUT2D eigenvalue weighted by Crippen LogP contribution is -2.15. The Bertz CT molecular complexity index is 717. The molecule has 2 rings (SSSR count). The molecule has 1 aromatic heterocycles. The van der Waals surface area contributed by atoms with Crippen LogP contribution >= 0.6 is 11.3 Å². The maximum absolute atomic E-state index is 12.2. The Morgan fingerprint density at radius 1 is 1.25 bits per heavy atom. The lowest BCUT2D eigenvalue weighted by atomic mass is 10.2. The minimum Gasteiger partial charge on any atom is -0.477 e. The third-order valence-electron chi connectivity index (χ3n) is 2.73. The van der Waals surface area contributed by atoms with E-state index in [0.29, 0.717) is 5.69 Å². The van der Waals surface area contributed by atoms with E-state index in [1.54, 1.807) is 12.1 Å². The molecule has 1 aromatic carbocycles. The van der Waals surface area contributed by atoms with Crippen molar-refractivity contribution in [2.24, 2.45) is 0 Å². The van der Waals surface area contributed by atoms with Crippen molar-refractivity contribution >= 4 is 33.0 Å². The zero-order chi connectivity index (χ0) is 14.8. The van der Waals surface area contributed by atoms with Crippen molar-refractivity contribution in [2.75, 3.05) is 4.72 Å². The van der Waals surface area contributed by atoms with Gasteiger partial charge < -0.3 is 5.11 Å². The summed E-state index contributed by atoms with van der Waals surface area (Å²) in [4.78, 5) is 10.6. The van der Waals surface area contributed by atoms with Gasteiger partial charge in [0, 0.05) is 5.69 Å². The number of hydrogen-bond donors (Lipinski definition) is 2. The van der Waals surface area contributed by atoms with Crippen LogP contribution in [-0.4, -0.2) is 19.5 Å². The monoisotopic (exact) mass is 311 g/mol. The van der Waals surface area contributed by atoms with Gasteiger partial charge in [-0.15, -0.1) is 11.3 Å². The summed E-state index contributed by atoms with van der Waals surface area (Å²) >= 11 is 0.882. The minimum absolute atomic E-state index is 0.192. The lowest BCUT2D eigenvalue weighted by molar-refractivity contribution is 0.0698. The first-order chi connectivity index (χ1) is 9.44. The fourth-order valence-electron chi connectivity index (χ4n) is 1.68. The molecule has 0 amide bonds. The fraction of sp³-hybridized carbons (Fsp3) is 0.154. The maximum atomic E-state index is 12.2. The molecule has 0 radical (unpaired) electrons. The van der Waals surface area contributed by atoms with Gasteiger partial charge in [0.25, 0.3) is 10.0 Å². The van der Waals surface area contributed by atoms with Gasteiger partial charge in [-0.2, -0.15) is 0 Å². The number of sulfonamides is 1. The van der Waals surface area contributed by atoms with E-state index in [1.165, 1.54) is 11.4 Å². The van der Waals surface area contributed by atoms with Crippen molar-refractivity contribution in [3.63, 3.8) is 0 Å². The van der Waals surface area contributed by atoms with Gasteiger partial charge >= 0.3 is 5.97 Å². The van der Waals surface area contributed by atoms with Crippen molar-refractivity contribution in [3.8, 4) is 0 Å². The van der Waals surface area contributed by atoms with Crippen LogP contribution in [0.4, 0.5) is 5.69 Å². The first kappa shape index (κ1) is 14.5. The summed E-state index contributed by atoms with van der Waals surface area (Å²) in [7, 11) is -3.89. The van der Waals surface area contributed by atoms with Crippen LogP contribution in [0.3, 0.4) is 0 Å². The van der Waals surface area contributed by atoms with Crippen molar-refractivity contribution in [1.82, 2.24) is 0 Å². The van der Waals surface area contributed by atoms with E-state index < -0.39 is 16.0 Å². The first-order valence-electron chi connectivity index (χ1n) is 5.86. The van der Waals surface area contributed by atoms with E-state index in [0.717, 1.165) is 23.3 Å². The third-order valence-corrected chi connectivity index (χ3v) is 5.18. The van der Waals surface area contributed by atoms with Gasteiger partial charge in [0.15, 0.2) is 0 Å². The number of thiophene rings is 1. The predicted octanol–water partition coefficient (Wildman–Crippen LogP) is 2.81. The zero-order valence-corrected chi connectivity index (χ0v) is 12.3. The highest BCUT2D eigenvalue weighted by Crippen LogP contribution is 2.24. The normalized spacial score (nSPS) is 11.2. The SMILES string of the molecule is CCc1ccc(NS(=O)(=O)c2ccsc2C(=O)O)cc1. The summed E-state index contributed by atoms with van der Waals surface area (Å²) in [6.45, 7) is 2.00. The van der Waals surface area contributed by atoms with Crippen LogP contribution in [-0.2, 0) is 16.4 Å². The molecule has 0 aliphatic rings. The topological polar surface area (TPSA) is 83.5 Å². The number of aromatic carboxylic acids is 1. The average Bonchev–Trinajstić information content (AvgIpc) is 2.89. The lowest BCUT2D eigenvalue weighted by Gasteiger charge is -2.08. The maximum Gasteiger partial charge on any atom is 0.347 e. The quantitative estimate of drug-likeness (QED) is 0.889. The minimum atomic E-state index is -3.89. The Morgan fingerprint density at radius 3 is 2.45 bits per heavy atom. The van der Waals surface area contributed by atoms with E-state index in [1.807, 2.05) is 19.1 Å². The number of benzene rings is 1. The standard InChI is InChI=1S/C13H13NO4S2/c1-2-9-3-5-10(6-4-9)14-20(17,18)11-7-8-19-12(11)13(15)16/h3-8,14H,2H2,1H3,(H,15,16). The number of nitrogens with one attached hydrogen (secondary N) is 1. The van der Waals surface area contributed by atoms with Gasteiger partial charge in [-0.05, 0) is 35.6 Å². The summed E-state index contributed by atoms with van der Waals surface area (Å²) in [5.74, 6) is -1.25. The van der Waals surface area contributed by atoms with Gasteiger partial charge in [0.05, 0.1) is 0 Å². The number of rotatable bonds is 5. The molecule has 0 atom stereocenters. The molecule has 0 saturated carbocycles. The molecule has 2 N–H and O–H groups in total. The van der Waals surface area contributed by atoms with Crippen molar-refractivity contribution in [1.29, 1.82) is 0 Å². The van der Waals surface area contributed by atoms with Crippen LogP contribution in [0.1, 0.15) is 22.2 Å². The van der Waals surface area contributed by atoms with Crippen LogP contribution < -0.4 is 4.72 Å². The molecule has 0 saturated heterocycles. The van der Waals surface area contributed by atoms with E-state index in [9.17, 15) is 13.2 Å². The van der Waals surface area contributed by atoms with Gasteiger partial charge in [0.1, 0.15) is 9.77 Å². The number of carboxylic acid groups (broad SMARTS) is 1. The molecular weight excluding hydrogens is 298 g/mol. The summed E-state index contributed by atoms with van der Waals surface area (Å²) < 4.78 is 26.7. The molecule has 1 heterocycles. The zero-order valence-electron chi connectivity index (χ0n) is 10.7. The number of carboxylic acids is 1. The molecule has 2 aromatic rings. The van der Waals surface area contributed by atoms with Crippen LogP contribution in [0.2, 0.25) is 0 Å². The molecular formula is C13H13NO4S2. The van der Waals surface area contributed by atoms with Crippen molar-refractivity contribution in [2.45, 2.75) is 18.2 Å². The van der Waals surface area contributed by atoms with E-state index >= 15 is 0 Å². The fourth-order valence-corrected chi connectivity index (χ4v) is 4.00. The second-order valence-electron chi connectivity index (χ2n) is 4.08. The highest BCUT2D eigenvalue weighted by Gasteiger charge is 2.23. The summed E-state index contributed by atoms with van der Waals surface area (Å²) in [5, 5.41) is 10.4. The predicted molar refractivity (Wildman–Crippen MR) is 77.9 cm³/mol. The van der Waals surface area contributed by atoms with Gasteiger partial charge in [-0.25, -0.2) is 13.2 Å². The number of anilines is 1. The Balaban J connectivity index is 2.30. The second-order valence-corrected chi connectivity index (χ2v) is 6.64. The highest BCUT2D eigenvalue weighted by molar-refractivity contribution is 7.93. The smallest absolute Gasteiger partial charge is 0.347 e. The van der Waals surface area contributed by atoms with Crippen molar-refractivity contribution < 1.29 is 18.3 Å². The Morgan fingerprint density at radius 2 is 1.90 bits per heavy atom. The van der Waals surface area contributed by atoms with Gasteiger partial charge in [0.2, 0.25) is 0 Å². The van der Waals surface area contributed by atoms with Crippen LogP contribution in [0, 0.1) is 0 Å². The van der Waals surface area contributed by atoms with Gasteiger partial charge in [-0.1, -0.05) is 19.1 Å². The Kier molecular flexibility index (Phi) is 4.10. The van der Waals surface area contributed by atoms with Crippen LogP contribution in [0.5, 0.6) is 0 Å². The van der Waals surface area contributed by atoms with Crippen molar-refractivity contribution in [3.05, 3.63) is 46.2 Å². The molecule has 0 aliphatic carbocycles. The molecule has 0 fully saturated rings. The van der Waals surface area contributed by atoms with E-state index in [2.05, 4.69) is 4.72 Å². The third kappa shape index (κ3) is 3.00. The average molecular weight is 311 g/mol. The highest BCUT2D eigenvalue weighted by atomic mass is 32.2. The van der Waals surface area contributed by atoms with E-state index in [4.69, 9.17) is 5.11 Å². The molecule has 0 unspecified atom stereocenters. The summed E-state index contributed by atoms with van der Waals surface area (Å²) in [5.41, 5.74) is 1.50. The molecule has 0 bridgehead atoms. The Hall–Kier alpha value is -1.86. The molecule has 5 nitrogen and oxygen atoms in total. The number of hydrogen-bond acceptors (Lipinski definition) is 4. The molecule has 0 aliphatic heterocycles. The molecule has 20 heavy (non-hydrogen) atoms. The second kappa shape index (κ2) is 5.64. The van der Waals surface area contributed by atoms with E-state index in [-0.39, 0.29) is 9.77 Å². The molecule has 0 spiro atoms. The number of carbonyl (C=O) groups is 1. The first-order valence-corrected chi connectivity index (χ1v) is 8.23. The molecule has 7 heteroatoms. The van der Waals surface area contributed by atoms with Crippen LogP contribution in [0.25, 0.3) is 0 Å². The molecule has 106 valence electrons. The summed E-state index contributed by atoms with van der Waals surface area (Å²) in [6, 6.07) is 8.25. The number of aryl methyl sites for hydroxylation is 1. The Labute approximate surface area is 120 Å². The summed E-state index contributed by atoms with van der Waals surface area (Å²) in [6.07, 6.45) is 0.862.